The van der Waals surface area contributed by atoms with Gasteiger partial charge in [-0.2, -0.15) is 0 Å². The molecule has 0 aromatic carbocycles. The first-order chi connectivity index (χ1) is 6.41. The Bertz CT molecular complexity index is 131. The molecule has 0 bridgehead atoms. The predicted molar refractivity (Wildman–Crippen MR) is 61.6 cm³/mol. The molecule has 0 unspecified atom stereocenters. The molecule has 0 heterocycles. The Balaban J connectivity index is 2.99. The molecule has 0 saturated heterocycles. The van der Waals surface area contributed by atoms with E-state index in [4.69, 9.17) is 0 Å². The molecule has 0 aliphatic heterocycles. The molecule has 0 atom stereocenters. The van der Waals surface area contributed by atoms with E-state index in [-0.39, 0.29) is 0 Å². The molecule has 0 aliphatic rings. The summed E-state index contributed by atoms with van der Waals surface area (Å²) in [5.74, 6) is 0. The lowest BCUT2D eigenvalue weighted by Crippen LogP contribution is -1.77. The van der Waals surface area contributed by atoms with Crippen LogP contribution in [0.5, 0.6) is 0 Å². The first-order valence-corrected chi connectivity index (χ1v) is 5.52. The standard InChI is InChI=1S/C13H23/c1-3-5-7-9-11-13-12-10-8-6-4-2/h3,5,7,9H,1,4,6,8,10-13H2,2H3/b5-3+,9-7+. The fourth-order valence-corrected chi connectivity index (χ4v) is 1.30. The van der Waals surface area contributed by atoms with Gasteiger partial charge in [-0.25, -0.2) is 0 Å². The number of allylic oxidation sites excluding steroid dienone is 4. The van der Waals surface area contributed by atoms with E-state index < -0.39 is 0 Å². The predicted octanol–water partition coefficient (Wildman–Crippen LogP) is 4.68. The first-order valence-electron chi connectivity index (χ1n) is 5.52. The number of hydrogen-bond donors (Lipinski definition) is 0. The maximum atomic E-state index is 3.62. The summed E-state index contributed by atoms with van der Waals surface area (Å²) in [4.78, 5) is 0. The number of unbranched alkanes of at least 4 members (excludes halogenated alkanes) is 6. The lowest BCUT2D eigenvalue weighted by Gasteiger charge is -1.97. The Kier molecular flexibility index (Phi) is 11.0. The highest BCUT2D eigenvalue weighted by molar-refractivity contribution is 5.03. The lowest BCUT2D eigenvalue weighted by molar-refractivity contribution is 0.611. The largest absolute Gasteiger partial charge is 0.0845 e. The second-order valence-corrected chi connectivity index (χ2v) is 3.41. The van der Waals surface area contributed by atoms with Crippen molar-refractivity contribution in [1.29, 1.82) is 0 Å². The highest BCUT2D eigenvalue weighted by Crippen LogP contribution is 2.06. The van der Waals surface area contributed by atoms with Crippen LogP contribution in [0.1, 0.15) is 51.9 Å². The Morgan fingerprint density at radius 1 is 0.923 bits per heavy atom. The SMILES string of the molecule is [CH2]/C=C/C=C/CCCCCCCC. The van der Waals surface area contributed by atoms with Gasteiger partial charge in [0, 0.05) is 0 Å². The minimum atomic E-state index is 1.22. The van der Waals surface area contributed by atoms with Gasteiger partial charge in [0.05, 0.1) is 0 Å². The van der Waals surface area contributed by atoms with Crippen LogP contribution in [0.15, 0.2) is 24.3 Å². The molecule has 75 valence electrons. The second kappa shape index (κ2) is 11.5. The molecule has 0 nitrogen and oxygen atoms in total. The van der Waals surface area contributed by atoms with Gasteiger partial charge in [-0.05, 0) is 19.8 Å². The molecule has 0 aromatic rings. The average molecular weight is 179 g/mol. The zero-order valence-corrected chi connectivity index (χ0v) is 8.97. The summed E-state index contributed by atoms with van der Waals surface area (Å²) < 4.78 is 0. The molecule has 0 aromatic heterocycles. The topological polar surface area (TPSA) is 0 Å². The van der Waals surface area contributed by atoms with E-state index in [1.165, 1.54) is 44.9 Å². The average Bonchev–Trinajstić information content (AvgIpc) is 2.16. The zero-order valence-electron chi connectivity index (χ0n) is 8.97. The van der Waals surface area contributed by atoms with Gasteiger partial charge >= 0.3 is 0 Å². The fraction of sp³-hybridized carbons (Fsp3) is 0.615. The molecule has 0 heteroatoms. The highest BCUT2D eigenvalue weighted by Gasteiger charge is 1.87. The number of hydrogen-bond acceptors (Lipinski definition) is 0. The Labute approximate surface area is 83.7 Å². The molecule has 0 aliphatic carbocycles. The maximum absolute atomic E-state index is 3.62. The van der Waals surface area contributed by atoms with Crippen LogP contribution in [0, 0.1) is 6.92 Å². The van der Waals surface area contributed by atoms with Gasteiger partial charge in [-0.1, -0.05) is 63.3 Å². The van der Waals surface area contributed by atoms with Crippen LogP contribution < -0.4 is 0 Å². The summed E-state index contributed by atoms with van der Waals surface area (Å²) in [6, 6.07) is 0. The van der Waals surface area contributed by atoms with Gasteiger partial charge < -0.3 is 0 Å². The molecule has 13 heavy (non-hydrogen) atoms. The van der Waals surface area contributed by atoms with Crippen LogP contribution in [0.25, 0.3) is 0 Å². The van der Waals surface area contributed by atoms with Crippen LogP contribution >= 0.6 is 0 Å². The van der Waals surface area contributed by atoms with Gasteiger partial charge in [0.1, 0.15) is 0 Å². The van der Waals surface area contributed by atoms with Crippen molar-refractivity contribution in [3.8, 4) is 0 Å². The van der Waals surface area contributed by atoms with Crippen LogP contribution in [-0.2, 0) is 0 Å². The Morgan fingerprint density at radius 2 is 1.62 bits per heavy atom. The van der Waals surface area contributed by atoms with Gasteiger partial charge in [0.15, 0.2) is 0 Å². The van der Waals surface area contributed by atoms with Crippen molar-refractivity contribution in [2.45, 2.75) is 51.9 Å². The first kappa shape index (κ1) is 12.5. The van der Waals surface area contributed by atoms with E-state index in [9.17, 15) is 0 Å². The molecule has 0 fully saturated rings. The molecular formula is C13H23. The molecule has 1 radical (unpaired) electrons. The molecule has 0 spiro atoms. The van der Waals surface area contributed by atoms with Crippen molar-refractivity contribution < 1.29 is 0 Å². The van der Waals surface area contributed by atoms with Crippen molar-refractivity contribution in [3.05, 3.63) is 31.2 Å². The van der Waals surface area contributed by atoms with E-state index in [1.807, 2.05) is 12.2 Å². The van der Waals surface area contributed by atoms with Gasteiger partial charge in [0.25, 0.3) is 0 Å². The van der Waals surface area contributed by atoms with E-state index in [1.54, 1.807) is 0 Å². The van der Waals surface area contributed by atoms with E-state index in [0.717, 1.165) is 0 Å². The summed E-state index contributed by atoms with van der Waals surface area (Å²) >= 11 is 0. The smallest absolute Gasteiger partial charge is 0.0313 e. The van der Waals surface area contributed by atoms with Gasteiger partial charge in [-0.3, -0.25) is 0 Å². The fourth-order valence-electron chi connectivity index (χ4n) is 1.30. The summed E-state index contributed by atoms with van der Waals surface area (Å²) in [7, 11) is 0. The minimum Gasteiger partial charge on any atom is -0.0845 e. The third-order valence-corrected chi connectivity index (χ3v) is 2.11. The summed E-state index contributed by atoms with van der Waals surface area (Å²) in [5.41, 5.74) is 0. The summed E-state index contributed by atoms with van der Waals surface area (Å²) in [6.07, 6.45) is 17.6. The number of rotatable bonds is 8. The highest BCUT2D eigenvalue weighted by atomic mass is 13.9. The monoisotopic (exact) mass is 179 g/mol. The van der Waals surface area contributed by atoms with Gasteiger partial charge in [0.2, 0.25) is 0 Å². The van der Waals surface area contributed by atoms with Crippen LogP contribution in [0.3, 0.4) is 0 Å². The Hall–Kier alpha value is -0.520. The van der Waals surface area contributed by atoms with Crippen molar-refractivity contribution in [2.75, 3.05) is 0 Å². The molecule has 0 amide bonds. The van der Waals surface area contributed by atoms with Crippen LogP contribution in [-0.4, -0.2) is 0 Å². The van der Waals surface area contributed by atoms with Crippen LogP contribution in [0.4, 0.5) is 0 Å². The molecule has 0 rings (SSSR count). The zero-order chi connectivity index (χ0) is 9.78. The van der Waals surface area contributed by atoms with E-state index >= 15 is 0 Å². The quantitative estimate of drug-likeness (QED) is 0.375. The van der Waals surface area contributed by atoms with Crippen molar-refractivity contribution in [1.82, 2.24) is 0 Å². The van der Waals surface area contributed by atoms with E-state index in [2.05, 4.69) is 26.0 Å². The van der Waals surface area contributed by atoms with Crippen molar-refractivity contribution in [3.63, 3.8) is 0 Å². The lowest BCUT2D eigenvalue weighted by atomic mass is 10.1. The van der Waals surface area contributed by atoms with Crippen molar-refractivity contribution >= 4 is 0 Å². The Morgan fingerprint density at radius 3 is 2.31 bits per heavy atom. The maximum Gasteiger partial charge on any atom is -0.0313 e. The molecular weight excluding hydrogens is 156 g/mol. The third-order valence-electron chi connectivity index (χ3n) is 2.11. The van der Waals surface area contributed by atoms with Gasteiger partial charge in [-0.15, -0.1) is 0 Å². The third kappa shape index (κ3) is 11.5. The van der Waals surface area contributed by atoms with Crippen LogP contribution in [0.2, 0.25) is 0 Å². The summed E-state index contributed by atoms with van der Waals surface area (Å²) in [5, 5.41) is 0. The van der Waals surface area contributed by atoms with E-state index in [0.29, 0.717) is 0 Å². The molecule has 0 N–H and O–H groups in total. The second-order valence-electron chi connectivity index (χ2n) is 3.41. The summed E-state index contributed by atoms with van der Waals surface area (Å²) in [6.45, 7) is 5.88. The molecule has 0 saturated carbocycles. The van der Waals surface area contributed by atoms with Crippen molar-refractivity contribution in [2.24, 2.45) is 0 Å². The normalized spacial score (nSPS) is 11.8. The minimum absolute atomic E-state index is 1.22.